The van der Waals surface area contributed by atoms with Crippen molar-refractivity contribution in [3.8, 4) is 5.88 Å². The summed E-state index contributed by atoms with van der Waals surface area (Å²) in [7, 11) is 0. The molecule has 1 amide bonds. The smallest absolute Gasteiger partial charge is 0.407 e. The molecular weight excluding hydrogens is 422 g/mol. The van der Waals surface area contributed by atoms with Gasteiger partial charge < -0.3 is 24.4 Å². The zero-order valence-electron chi connectivity index (χ0n) is 19.0. The third-order valence-electron chi connectivity index (χ3n) is 8.30. The molecule has 2 aromatic rings. The van der Waals surface area contributed by atoms with Gasteiger partial charge in [0, 0.05) is 38.2 Å². The highest BCUT2D eigenvalue weighted by Crippen LogP contribution is 2.63. The average Bonchev–Trinajstić information content (AvgIpc) is 3.41. The molecule has 0 aromatic carbocycles. The zero-order chi connectivity index (χ0) is 22.8. The summed E-state index contributed by atoms with van der Waals surface area (Å²) in [4.78, 5) is 29.3. The maximum absolute atomic E-state index is 11.9. The number of pyridine rings is 1. The van der Waals surface area contributed by atoms with Crippen molar-refractivity contribution < 1.29 is 19.4 Å². The van der Waals surface area contributed by atoms with Gasteiger partial charge in [0.05, 0.1) is 35.6 Å². The first kappa shape index (κ1) is 20.7. The van der Waals surface area contributed by atoms with Gasteiger partial charge in [-0.3, -0.25) is 4.98 Å². The van der Waals surface area contributed by atoms with Crippen molar-refractivity contribution in [2.75, 3.05) is 37.7 Å². The molecule has 33 heavy (non-hydrogen) atoms. The Morgan fingerprint density at radius 1 is 1.30 bits per heavy atom. The first-order chi connectivity index (χ1) is 15.9. The van der Waals surface area contributed by atoms with Gasteiger partial charge in [0.15, 0.2) is 0 Å². The molecule has 6 rings (SSSR count). The second kappa shape index (κ2) is 7.28. The van der Waals surface area contributed by atoms with Crippen LogP contribution in [0, 0.1) is 23.7 Å². The van der Waals surface area contributed by atoms with Crippen molar-refractivity contribution in [3.63, 3.8) is 0 Å². The number of rotatable bonds is 4. The van der Waals surface area contributed by atoms with Crippen LogP contribution in [0.15, 0.2) is 24.7 Å². The molecule has 5 heterocycles. The van der Waals surface area contributed by atoms with Gasteiger partial charge in [-0.05, 0) is 37.3 Å². The summed E-state index contributed by atoms with van der Waals surface area (Å²) in [5.74, 6) is 1.38. The van der Waals surface area contributed by atoms with Gasteiger partial charge >= 0.3 is 6.09 Å². The van der Waals surface area contributed by atoms with E-state index in [4.69, 9.17) is 9.47 Å². The maximum atomic E-state index is 11.9. The molecule has 2 bridgehead atoms. The van der Waals surface area contributed by atoms with Crippen molar-refractivity contribution in [2.24, 2.45) is 16.7 Å². The third kappa shape index (κ3) is 3.08. The van der Waals surface area contributed by atoms with E-state index < -0.39 is 6.09 Å². The minimum Gasteiger partial charge on any atom is -0.473 e. The third-order valence-corrected chi connectivity index (χ3v) is 8.30. The van der Waals surface area contributed by atoms with E-state index in [1.807, 2.05) is 19.2 Å². The Balaban J connectivity index is 1.35. The molecule has 0 spiro atoms. The molecule has 1 saturated carbocycles. The predicted octanol–water partition coefficient (Wildman–Crippen LogP) is 3.05. The first-order valence-corrected chi connectivity index (χ1v) is 11.7. The van der Waals surface area contributed by atoms with Gasteiger partial charge in [0.1, 0.15) is 18.2 Å². The number of aromatic nitrogens is 3. The highest BCUT2D eigenvalue weighted by atomic mass is 16.5. The Morgan fingerprint density at radius 2 is 2.15 bits per heavy atom. The number of likely N-dealkylation sites (tertiary alicyclic amines) is 1. The van der Waals surface area contributed by atoms with Crippen molar-refractivity contribution >= 4 is 17.6 Å². The van der Waals surface area contributed by atoms with E-state index in [9.17, 15) is 9.90 Å². The lowest BCUT2D eigenvalue weighted by molar-refractivity contribution is -0.190. The number of carbonyl (C=O) groups is 1. The monoisotopic (exact) mass is 451 g/mol. The standard InChI is InChI=1S/C24H29N5O4/c1-15-20(29-9-5-17-18(29)4-3-8-25-17)26-14-27-21(15)33-19-16-10-28(22(30)31)12-24(19,13-32-11-16)23(2)6-7-23/h3-4,8,14,16,19H,5-7,9-13H2,1-2H3,(H,30,31). The Bertz CT molecular complexity index is 1110. The van der Waals surface area contributed by atoms with Crippen molar-refractivity contribution in [2.45, 2.75) is 39.2 Å². The Kier molecular flexibility index (Phi) is 4.56. The number of fused-ring (bicyclic) bond motifs is 3. The quantitative estimate of drug-likeness (QED) is 0.757. The molecule has 174 valence electrons. The molecular formula is C24H29N5O4. The minimum atomic E-state index is -0.865. The van der Waals surface area contributed by atoms with Gasteiger partial charge in [0.25, 0.3) is 0 Å². The van der Waals surface area contributed by atoms with Crippen LogP contribution in [0.25, 0.3) is 0 Å². The van der Waals surface area contributed by atoms with Crippen molar-refractivity contribution in [3.05, 3.63) is 35.9 Å². The number of hydrogen-bond acceptors (Lipinski definition) is 7. The van der Waals surface area contributed by atoms with E-state index in [0.717, 1.165) is 48.6 Å². The first-order valence-electron chi connectivity index (χ1n) is 11.7. The SMILES string of the molecule is Cc1c(OC2C3COCC2(C2(C)CC2)CN(C(=O)O)C3)ncnc1N1CCc2ncccc21. The summed E-state index contributed by atoms with van der Waals surface area (Å²) in [5.41, 5.74) is 2.67. The number of nitrogens with zero attached hydrogens (tertiary/aromatic N) is 5. The van der Waals surface area contributed by atoms with Crippen LogP contribution in [-0.2, 0) is 11.2 Å². The van der Waals surface area contributed by atoms with Crippen LogP contribution >= 0.6 is 0 Å². The van der Waals surface area contributed by atoms with Crippen LogP contribution in [0.4, 0.5) is 16.3 Å². The highest BCUT2D eigenvalue weighted by Gasteiger charge is 2.66. The fourth-order valence-corrected chi connectivity index (χ4v) is 6.10. The second-order valence-electron chi connectivity index (χ2n) is 10.2. The normalized spacial score (nSPS) is 29.5. The molecule has 3 aliphatic heterocycles. The largest absolute Gasteiger partial charge is 0.473 e. The fourth-order valence-electron chi connectivity index (χ4n) is 6.10. The molecule has 2 aromatic heterocycles. The van der Waals surface area contributed by atoms with Crippen LogP contribution in [0.3, 0.4) is 0 Å². The lowest BCUT2D eigenvalue weighted by Gasteiger charge is -2.56. The molecule has 2 saturated heterocycles. The van der Waals surface area contributed by atoms with Crippen LogP contribution in [0.2, 0.25) is 0 Å². The van der Waals surface area contributed by atoms with Crippen LogP contribution in [0.1, 0.15) is 31.0 Å². The maximum Gasteiger partial charge on any atom is 0.407 e. The van der Waals surface area contributed by atoms with Gasteiger partial charge in [-0.15, -0.1) is 0 Å². The highest BCUT2D eigenvalue weighted by molar-refractivity contribution is 5.68. The Hall–Kier alpha value is -2.94. The number of anilines is 2. The average molecular weight is 452 g/mol. The summed E-state index contributed by atoms with van der Waals surface area (Å²) in [6.45, 7) is 6.92. The van der Waals surface area contributed by atoms with Crippen LogP contribution < -0.4 is 9.64 Å². The van der Waals surface area contributed by atoms with Crippen molar-refractivity contribution in [1.82, 2.24) is 19.9 Å². The van der Waals surface area contributed by atoms with E-state index in [0.29, 0.717) is 32.2 Å². The van der Waals surface area contributed by atoms with Crippen LogP contribution in [0.5, 0.6) is 5.88 Å². The number of ether oxygens (including phenoxy) is 2. The number of carboxylic acid groups (broad SMARTS) is 1. The summed E-state index contributed by atoms with van der Waals surface area (Å²) in [6.07, 6.45) is 5.37. The van der Waals surface area contributed by atoms with Gasteiger partial charge in [0.2, 0.25) is 5.88 Å². The van der Waals surface area contributed by atoms with Gasteiger partial charge in [-0.25, -0.2) is 14.8 Å². The number of piperidine rings is 1. The number of amides is 1. The molecule has 1 N–H and O–H groups in total. The van der Waals surface area contributed by atoms with Crippen LogP contribution in [-0.4, -0.2) is 70.0 Å². The lowest BCUT2D eigenvalue weighted by atomic mass is 9.62. The van der Waals surface area contributed by atoms with Crippen molar-refractivity contribution in [1.29, 1.82) is 0 Å². The molecule has 0 radical (unpaired) electrons. The molecule has 9 nitrogen and oxygen atoms in total. The van der Waals surface area contributed by atoms with E-state index in [2.05, 4.69) is 32.8 Å². The topological polar surface area (TPSA) is 101 Å². The lowest BCUT2D eigenvalue weighted by Crippen LogP contribution is -2.68. The van der Waals surface area contributed by atoms with E-state index >= 15 is 0 Å². The second-order valence-corrected chi connectivity index (χ2v) is 10.2. The molecule has 9 heteroatoms. The molecule has 1 aliphatic carbocycles. The minimum absolute atomic E-state index is 0.00772. The molecule has 3 unspecified atom stereocenters. The fraction of sp³-hybridized carbons (Fsp3) is 0.583. The van der Waals surface area contributed by atoms with Gasteiger partial charge in [-0.1, -0.05) is 6.92 Å². The molecule has 3 fully saturated rings. The zero-order valence-corrected chi connectivity index (χ0v) is 19.0. The molecule has 4 aliphatic rings. The summed E-state index contributed by atoms with van der Waals surface area (Å²) in [5, 5.41) is 9.76. The summed E-state index contributed by atoms with van der Waals surface area (Å²) < 4.78 is 12.8. The number of hydrogen-bond donors (Lipinski definition) is 1. The van der Waals surface area contributed by atoms with E-state index in [1.54, 1.807) is 11.2 Å². The Labute approximate surface area is 192 Å². The van der Waals surface area contributed by atoms with E-state index in [-0.39, 0.29) is 22.9 Å². The Morgan fingerprint density at radius 3 is 2.94 bits per heavy atom. The van der Waals surface area contributed by atoms with E-state index in [1.165, 1.54) is 0 Å². The van der Waals surface area contributed by atoms with Gasteiger partial charge in [-0.2, -0.15) is 0 Å². The summed E-state index contributed by atoms with van der Waals surface area (Å²) in [6, 6.07) is 4.02. The predicted molar refractivity (Wildman–Crippen MR) is 120 cm³/mol. The summed E-state index contributed by atoms with van der Waals surface area (Å²) >= 11 is 0. The molecule has 3 atom stereocenters.